The normalized spacial score (nSPS) is 12.6. The van der Waals surface area contributed by atoms with Gasteiger partial charge >= 0.3 is 0 Å². The van der Waals surface area contributed by atoms with Gasteiger partial charge in [-0.25, -0.2) is 5.84 Å². The zero-order valence-electron chi connectivity index (χ0n) is 7.80. The van der Waals surface area contributed by atoms with Crippen molar-refractivity contribution in [3.63, 3.8) is 0 Å². The third-order valence-electron chi connectivity index (χ3n) is 1.55. The highest BCUT2D eigenvalue weighted by Crippen LogP contribution is 2.16. The minimum absolute atomic E-state index is 0.0704. The molecule has 0 saturated heterocycles. The first-order valence-electron chi connectivity index (χ1n) is 4.31. The highest BCUT2D eigenvalue weighted by Gasteiger charge is 2.04. The second-order valence-electron chi connectivity index (χ2n) is 2.79. The zero-order valence-corrected chi connectivity index (χ0v) is 8.62. The van der Waals surface area contributed by atoms with E-state index < -0.39 is 0 Å². The van der Waals surface area contributed by atoms with E-state index in [4.69, 9.17) is 5.84 Å². The van der Waals surface area contributed by atoms with Gasteiger partial charge in [0.05, 0.1) is 0 Å². The first-order valence-corrected chi connectivity index (χ1v) is 5.36. The fourth-order valence-electron chi connectivity index (χ4n) is 0.809. The smallest absolute Gasteiger partial charge is 0.233 e. The summed E-state index contributed by atoms with van der Waals surface area (Å²) in [6.45, 7) is 4.30. The van der Waals surface area contributed by atoms with Crippen LogP contribution < -0.4 is 11.3 Å². The fraction of sp³-hybridized carbons (Fsp3) is 0.875. The fourth-order valence-corrected chi connectivity index (χ4v) is 1.73. The van der Waals surface area contributed by atoms with Crippen molar-refractivity contribution in [1.82, 2.24) is 5.43 Å². The second-order valence-corrected chi connectivity index (χ2v) is 4.33. The summed E-state index contributed by atoms with van der Waals surface area (Å²) < 4.78 is 0. The topological polar surface area (TPSA) is 55.1 Å². The molecule has 1 unspecified atom stereocenters. The van der Waals surface area contributed by atoms with Crippen LogP contribution in [0.2, 0.25) is 0 Å². The van der Waals surface area contributed by atoms with Gasteiger partial charge in [-0.15, -0.1) is 0 Å². The monoisotopic (exact) mass is 190 g/mol. The largest absolute Gasteiger partial charge is 0.294 e. The van der Waals surface area contributed by atoms with Gasteiger partial charge < -0.3 is 0 Å². The van der Waals surface area contributed by atoms with Crippen LogP contribution >= 0.6 is 11.8 Å². The number of carbonyl (C=O) groups excluding carboxylic acids is 1. The molecule has 0 aromatic rings. The van der Waals surface area contributed by atoms with E-state index in [-0.39, 0.29) is 5.91 Å². The Morgan fingerprint density at radius 1 is 1.67 bits per heavy atom. The Kier molecular flexibility index (Phi) is 7.29. The van der Waals surface area contributed by atoms with Crippen molar-refractivity contribution in [1.29, 1.82) is 0 Å². The minimum Gasteiger partial charge on any atom is -0.294 e. The van der Waals surface area contributed by atoms with Crippen molar-refractivity contribution in [3.05, 3.63) is 0 Å². The van der Waals surface area contributed by atoms with E-state index in [1.54, 1.807) is 0 Å². The van der Waals surface area contributed by atoms with Crippen molar-refractivity contribution in [2.45, 2.75) is 38.4 Å². The van der Waals surface area contributed by atoms with Crippen LogP contribution in [0.15, 0.2) is 0 Å². The van der Waals surface area contributed by atoms with Gasteiger partial charge in [0.15, 0.2) is 0 Å². The lowest BCUT2D eigenvalue weighted by Crippen LogP contribution is -2.30. The molecular formula is C8H18N2OS. The Balaban J connectivity index is 3.30. The maximum atomic E-state index is 10.7. The highest BCUT2D eigenvalue weighted by molar-refractivity contribution is 7.99. The molecule has 12 heavy (non-hydrogen) atoms. The number of nitrogens with one attached hydrogen (secondary N) is 1. The number of hydrogen-bond acceptors (Lipinski definition) is 3. The Morgan fingerprint density at radius 3 is 2.83 bits per heavy atom. The third kappa shape index (κ3) is 6.49. The summed E-state index contributed by atoms with van der Waals surface area (Å²) in [4.78, 5) is 10.7. The molecule has 3 N–H and O–H groups in total. The molecule has 1 amide bonds. The van der Waals surface area contributed by atoms with Gasteiger partial charge in [0.2, 0.25) is 5.91 Å². The average molecular weight is 190 g/mol. The molecule has 0 rings (SSSR count). The van der Waals surface area contributed by atoms with Crippen LogP contribution in [0.5, 0.6) is 0 Å². The van der Waals surface area contributed by atoms with E-state index in [0.717, 1.165) is 6.42 Å². The lowest BCUT2D eigenvalue weighted by Gasteiger charge is -2.08. The first-order chi connectivity index (χ1) is 5.70. The van der Waals surface area contributed by atoms with E-state index in [9.17, 15) is 4.79 Å². The molecule has 0 aliphatic heterocycles. The summed E-state index contributed by atoms with van der Waals surface area (Å²) in [7, 11) is 0. The van der Waals surface area contributed by atoms with Gasteiger partial charge in [0, 0.05) is 11.7 Å². The Labute approximate surface area is 78.4 Å². The number of thioether (sulfide) groups is 1. The number of carbonyl (C=O) groups is 1. The van der Waals surface area contributed by atoms with Crippen LogP contribution in [0.1, 0.15) is 33.1 Å². The Morgan fingerprint density at radius 2 is 2.33 bits per heavy atom. The zero-order chi connectivity index (χ0) is 9.40. The molecule has 4 heteroatoms. The van der Waals surface area contributed by atoms with Crippen molar-refractivity contribution in [2.24, 2.45) is 5.84 Å². The second kappa shape index (κ2) is 7.43. The predicted octanol–water partition coefficient (Wildman–Crippen LogP) is 1.29. The molecule has 0 radical (unpaired) electrons. The van der Waals surface area contributed by atoms with E-state index in [0.29, 0.717) is 11.7 Å². The van der Waals surface area contributed by atoms with Crippen LogP contribution in [0.3, 0.4) is 0 Å². The number of amides is 1. The molecule has 0 aromatic carbocycles. The lowest BCUT2D eigenvalue weighted by atomic mass is 10.2. The first kappa shape index (κ1) is 11.8. The molecule has 3 nitrogen and oxygen atoms in total. The van der Waals surface area contributed by atoms with Crippen molar-refractivity contribution < 1.29 is 4.79 Å². The summed E-state index contributed by atoms with van der Waals surface area (Å²) >= 11 is 1.91. The van der Waals surface area contributed by atoms with Gasteiger partial charge in [0.1, 0.15) is 0 Å². The molecule has 0 bridgehead atoms. The van der Waals surface area contributed by atoms with Gasteiger partial charge in [-0.2, -0.15) is 11.8 Å². The number of rotatable bonds is 6. The van der Waals surface area contributed by atoms with Crippen LogP contribution in [0.4, 0.5) is 0 Å². The lowest BCUT2D eigenvalue weighted by molar-refractivity contribution is -0.121. The van der Waals surface area contributed by atoms with Crippen LogP contribution in [-0.2, 0) is 4.79 Å². The van der Waals surface area contributed by atoms with Crippen molar-refractivity contribution in [2.75, 3.05) is 5.75 Å². The van der Waals surface area contributed by atoms with Gasteiger partial charge in [-0.05, 0) is 18.6 Å². The van der Waals surface area contributed by atoms with Crippen molar-refractivity contribution >= 4 is 17.7 Å². The molecule has 0 aliphatic carbocycles. The quantitative estimate of drug-likeness (QED) is 0.377. The van der Waals surface area contributed by atoms with E-state index in [1.807, 2.05) is 11.8 Å². The maximum Gasteiger partial charge on any atom is 0.233 e. The number of hydrazine groups is 1. The average Bonchev–Trinajstić information content (AvgIpc) is 2.10. The molecule has 0 fully saturated rings. The molecule has 1 atom stereocenters. The molecule has 72 valence electrons. The SMILES string of the molecule is CCCSC(C)CCC(=O)NN. The van der Waals surface area contributed by atoms with Crippen LogP contribution in [0.25, 0.3) is 0 Å². The Bertz CT molecular complexity index is 130. The molecule has 0 saturated carbocycles. The summed E-state index contributed by atoms with van der Waals surface area (Å²) in [5.41, 5.74) is 2.13. The molecule has 0 heterocycles. The molecule has 0 aliphatic rings. The van der Waals surface area contributed by atoms with Gasteiger partial charge in [-0.1, -0.05) is 13.8 Å². The van der Waals surface area contributed by atoms with E-state index in [1.165, 1.54) is 12.2 Å². The van der Waals surface area contributed by atoms with Gasteiger partial charge in [-0.3, -0.25) is 10.2 Å². The molecular weight excluding hydrogens is 172 g/mol. The molecule has 0 aromatic heterocycles. The van der Waals surface area contributed by atoms with Crippen LogP contribution in [-0.4, -0.2) is 16.9 Å². The van der Waals surface area contributed by atoms with Gasteiger partial charge in [0.25, 0.3) is 0 Å². The van der Waals surface area contributed by atoms with Crippen molar-refractivity contribution in [3.8, 4) is 0 Å². The third-order valence-corrected chi connectivity index (χ3v) is 2.99. The predicted molar refractivity (Wildman–Crippen MR) is 53.8 cm³/mol. The summed E-state index contributed by atoms with van der Waals surface area (Å²) in [5, 5.41) is 0.558. The standard InChI is InChI=1S/C8H18N2OS/c1-3-6-12-7(2)4-5-8(11)10-9/h7H,3-6,9H2,1-2H3,(H,10,11). The Hall–Kier alpha value is -0.220. The summed E-state index contributed by atoms with van der Waals surface area (Å²) in [5.74, 6) is 6.05. The minimum atomic E-state index is -0.0704. The maximum absolute atomic E-state index is 10.7. The van der Waals surface area contributed by atoms with E-state index >= 15 is 0 Å². The summed E-state index contributed by atoms with van der Waals surface area (Å²) in [6, 6.07) is 0. The summed E-state index contributed by atoms with van der Waals surface area (Å²) in [6.07, 6.45) is 2.64. The molecule has 0 spiro atoms. The highest BCUT2D eigenvalue weighted by atomic mass is 32.2. The van der Waals surface area contributed by atoms with E-state index in [2.05, 4.69) is 19.3 Å². The van der Waals surface area contributed by atoms with Crippen LogP contribution in [0, 0.1) is 0 Å². The number of nitrogens with two attached hydrogens (primary N) is 1. The number of hydrogen-bond donors (Lipinski definition) is 2.